The number of hydrogen-bond donors (Lipinski definition) is 3. The number of non-ortho nitro benzene ring substituents is 1. The second kappa shape index (κ2) is 7.81. The maximum Gasteiger partial charge on any atom is 0.271 e. The maximum absolute atomic E-state index is 12.1. The van der Waals surface area contributed by atoms with E-state index in [9.17, 15) is 14.9 Å². The lowest BCUT2D eigenvalue weighted by Crippen LogP contribution is -2.14. The Morgan fingerprint density at radius 3 is 2.56 bits per heavy atom. The first-order valence-electron chi connectivity index (χ1n) is 6.88. The van der Waals surface area contributed by atoms with E-state index in [2.05, 4.69) is 10.6 Å². The van der Waals surface area contributed by atoms with E-state index in [-0.39, 0.29) is 22.0 Å². The molecule has 126 valence electrons. The van der Waals surface area contributed by atoms with Gasteiger partial charge in [-0.05, 0) is 30.3 Å². The van der Waals surface area contributed by atoms with Gasteiger partial charge in [-0.15, -0.1) is 0 Å². The molecule has 0 aliphatic carbocycles. The van der Waals surface area contributed by atoms with Crippen molar-refractivity contribution in [2.75, 3.05) is 16.4 Å². The molecule has 0 aromatic heterocycles. The molecule has 0 bridgehead atoms. The number of nitrogens with one attached hydrogen (secondary N) is 2. The summed E-state index contributed by atoms with van der Waals surface area (Å²) in [5.41, 5.74) is 6.35. The molecule has 0 saturated heterocycles. The van der Waals surface area contributed by atoms with Crippen LogP contribution in [0, 0.1) is 21.4 Å². The molecule has 2 rings (SSSR count). The number of nitriles is 1. The molecule has 0 aliphatic rings. The molecule has 8 nitrogen and oxygen atoms in total. The molecule has 9 heteroatoms. The smallest absolute Gasteiger partial charge is 0.271 e. The second-order valence-corrected chi connectivity index (χ2v) is 5.22. The van der Waals surface area contributed by atoms with E-state index in [1.165, 1.54) is 18.2 Å². The van der Waals surface area contributed by atoms with Crippen molar-refractivity contribution in [2.45, 2.75) is 0 Å². The first kappa shape index (κ1) is 17.8. The molecule has 0 spiro atoms. The van der Waals surface area contributed by atoms with Crippen LogP contribution in [0.15, 0.2) is 54.2 Å². The van der Waals surface area contributed by atoms with Crippen LogP contribution in [0.25, 0.3) is 0 Å². The molecule has 4 N–H and O–H groups in total. The number of carbonyl (C=O) groups is 1. The number of carbonyl (C=O) groups excluding carboxylic acids is 1. The van der Waals surface area contributed by atoms with Crippen molar-refractivity contribution in [1.29, 1.82) is 5.26 Å². The van der Waals surface area contributed by atoms with Crippen LogP contribution in [-0.2, 0) is 4.79 Å². The lowest BCUT2D eigenvalue weighted by Gasteiger charge is -2.06. The van der Waals surface area contributed by atoms with E-state index in [1.54, 1.807) is 30.3 Å². The highest BCUT2D eigenvalue weighted by Crippen LogP contribution is 2.26. The third-order valence-electron chi connectivity index (χ3n) is 3.07. The van der Waals surface area contributed by atoms with Crippen LogP contribution in [0.2, 0.25) is 5.02 Å². The molecule has 0 unspecified atom stereocenters. The Kier molecular flexibility index (Phi) is 5.55. The van der Waals surface area contributed by atoms with E-state index in [0.717, 1.165) is 6.20 Å². The molecule has 2 aromatic rings. The number of benzene rings is 2. The average Bonchev–Trinajstić information content (AvgIpc) is 2.58. The molecule has 0 fully saturated rings. The summed E-state index contributed by atoms with van der Waals surface area (Å²) in [5, 5.41) is 25.3. The van der Waals surface area contributed by atoms with Gasteiger partial charge in [0.2, 0.25) is 0 Å². The highest BCUT2D eigenvalue weighted by Gasteiger charge is 2.12. The summed E-state index contributed by atoms with van der Waals surface area (Å²) in [6.45, 7) is 0. The minimum absolute atomic E-state index is 0.176. The molecule has 0 heterocycles. The van der Waals surface area contributed by atoms with Crippen molar-refractivity contribution in [3.05, 3.63) is 69.4 Å². The number of nitro groups is 1. The van der Waals surface area contributed by atoms with Gasteiger partial charge in [-0.3, -0.25) is 14.9 Å². The number of hydrogen-bond acceptors (Lipinski definition) is 6. The van der Waals surface area contributed by atoms with Gasteiger partial charge in [-0.2, -0.15) is 5.26 Å². The predicted molar refractivity (Wildman–Crippen MR) is 94.9 cm³/mol. The van der Waals surface area contributed by atoms with Gasteiger partial charge in [-0.25, -0.2) is 0 Å². The predicted octanol–water partition coefficient (Wildman–Crippen LogP) is 3.29. The summed E-state index contributed by atoms with van der Waals surface area (Å²) >= 11 is 5.94. The molecule has 0 saturated carbocycles. The summed E-state index contributed by atoms with van der Waals surface area (Å²) < 4.78 is 0. The van der Waals surface area contributed by atoms with Crippen LogP contribution in [0.4, 0.5) is 22.7 Å². The number of rotatable bonds is 5. The summed E-state index contributed by atoms with van der Waals surface area (Å²) in [6.07, 6.45) is 1.12. The SMILES string of the molecule is N#C/C(=C/Nc1cc([N+](=O)[O-])ccc1Cl)C(=O)Nc1ccc(N)cc1. The van der Waals surface area contributed by atoms with E-state index in [1.807, 2.05) is 0 Å². The van der Waals surface area contributed by atoms with Gasteiger partial charge >= 0.3 is 0 Å². The molecule has 0 atom stereocenters. The first-order chi connectivity index (χ1) is 11.9. The summed E-state index contributed by atoms with van der Waals surface area (Å²) in [7, 11) is 0. The Labute approximate surface area is 147 Å². The van der Waals surface area contributed by atoms with Gasteiger partial charge in [0.05, 0.1) is 15.6 Å². The van der Waals surface area contributed by atoms with Crippen LogP contribution in [-0.4, -0.2) is 10.8 Å². The second-order valence-electron chi connectivity index (χ2n) is 4.81. The van der Waals surface area contributed by atoms with E-state index in [4.69, 9.17) is 22.6 Å². The Morgan fingerprint density at radius 1 is 1.28 bits per heavy atom. The zero-order valence-electron chi connectivity index (χ0n) is 12.7. The summed E-state index contributed by atoms with van der Waals surface area (Å²) in [5.74, 6) is -0.652. The Balaban J connectivity index is 2.16. The molecular formula is C16H12ClN5O3. The average molecular weight is 358 g/mol. The third-order valence-corrected chi connectivity index (χ3v) is 3.40. The fraction of sp³-hybridized carbons (Fsp3) is 0. The van der Waals surface area contributed by atoms with Crippen LogP contribution < -0.4 is 16.4 Å². The van der Waals surface area contributed by atoms with Crippen molar-refractivity contribution in [3.63, 3.8) is 0 Å². The van der Waals surface area contributed by atoms with Crippen LogP contribution in [0.1, 0.15) is 0 Å². The lowest BCUT2D eigenvalue weighted by atomic mass is 10.2. The number of amides is 1. The minimum Gasteiger partial charge on any atom is -0.399 e. The monoisotopic (exact) mass is 357 g/mol. The Bertz CT molecular complexity index is 888. The van der Waals surface area contributed by atoms with Crippen molar-refractivity contribution >= 4 is 40.3 Å². The number of halogens is 1. The fourth-order valence-corrected chi connectivity index (χ4v) is 1.97. The summed E-state index contributed by atoms with van der Waals surface area (Å²) in [6, 6.07) is 11.9. The molecule has 0 radical (unpaired) electrons. The number of anilines is 3. The minimum atomic E-state index is -0.652. The number of nitrogens with zero attached hydrogens (tertiary/aromatic N) is 2. The Morgan fingerprint density at radius 2 is 1.96 bits per heavy atom. The molecule has 25 heavy (non-hydrogen) atoms. The Hall–Kier alpha value is -3.57. The van der Waals surface area contributed by atoms with Gasteiger partial charge < -0.3 is 16.4 Å². The van der Waals surface area contributed by atoms with Gasteiger partial charge in [0.25, 0.3) is 11.6 Å². The number of nitrogen functional groups attached to an aromatic ring is 1. The largest absolute Gasteiger partial charge is 0.399 e. The van der Waals surface area contributed by atoms with Gasteiger partial charge in [0.15, 0.2) is 0 Å². The van der Waals surface area contributed by atoms with Crippen molar-refractivity contribution in [2.24, 2.45) is 0 Å². The normalized spacial score (nSPS) is 10.6. The van der Waals surface area contributed by atoms with Crippen molar-refractivity contribution in [1.82, 2.24) is 0 Å². The third kappa shape index (κ3) is 4.70. The van der Waals surface area contributed by atoms with Gasteiger partial charge in [0.1, 0.15) is 11.6 Å². The standard InChI is InChI=1S/C16H12ClN5O3/c17-14-6-5-13(22(24)25)7-15(14)20-9-10(8-18)16(23)21-12-3-1-11(19)2-4-12/h1-7,9,20H,19H2,(H,21,23)/b10-9-. The zero-order chi connectivity index (χ0) is 18.4. The highest BCUT2D eigenvalue weighted by molar-refractivity contribution is 6.33. The van der Waals surface area contributed by atoms with Crippen LogP contribution >= 0.6 is 11.6 Å². The van der Waals surface area contributed by atoms with E-state index < -0.39 is 10.8 Å². The fourth-order valence-electron chi connectivity index (χ4n) is 1.80. The molecular weight excluding hydrogens is 346 g/mol. The molecule has 0 aliphatic heterocycles. The summed E-state index contributed by atoms with van der Waals surface area (Å²) in [4.78, 5) is 22.3. The van der Waals surface area contributed by atoms with Crippen molar-refractivity contribution in [3.8, 4) is 6.07 Å². The highest BCUT2D eigenvalue weighted by atomic mass is 35.5. The zero-order valence-corrected chi connectivity index (χ0v) is 13.4. The number of nitro benzene ring substituents is 1. The number of nitrogens with two attached hydrogens (primary N) is 1. The molecule has 1 amide bonds. The van der Waals surface area contributed by atoms with Crippen LogP contribution in [0.3, 0.4) is 0 Å². The van der Waals surface area contributed by atoms with Crippen molar-refractivity contribution < 1.29 is 9.72 Å². The van der Waals surface area contributed by atoms with Gasteiger partial charge in [-0.1, -0.05) is 11.6 Å². The lowest BCUT2D eigenvalue weighted by molar-refractivity contribution is -0.384. The first-order valence-corrected chi connectivity index (χ1v) is 7.26. The molecule has 2 aromatic carbocycles. The van der Waals surface area contributed by atoms with E-state index >= 15 is 0 Å². The van der Waals surface area contributed by atoms with Crippen LogP contribution in [0.5, 0.6) is 0 Å². The maximum atomic E-state index is 12.1. The topological polar surface area (TPSA) is 134 Å². The quantitative estimate of drug-likeness (QED) is 0.247. The van der Waals surface area contributed by atoms with E-state index in [0.29, 0.717) is 11.4 Å². The van der Waals surface area contributed by atoms with Gasteiger partial charge in [0, 0.05) is 29.7 Å².